The second-order valence-electron chi connectivity index (χ2n) is 6.52. The van der Waals surface area contributed by atoms with Gasteiger partial charge in [0.1, 0.15) is 17.8 Å². The van der Waals surface area contributed by atoms with Crippen LogP contribution in [-0.2, 0) is 19.5 Å². The van der Waals surface area contributed by atoms with E-state index in [0.29, 0.717) is 0 Å². The molecule has 1 aliphatic heterocycles. The topological polar surface area (TPSA) is 58.3 Å². The van der Waals surface area contributed by atoms with Crippen LogP contribution in [0.1, 0.15) is 17.0 Å². The van der Waals surface area contributed by atoms with Gasteiger partial charge in [0.2, 0.25) is 0 Å². The average Bonchev–Trinajstić information content (AvgIpc) is 3.10. The maximum Gasteiger partial charge on any atom is 0.151 e. The van der Waals surface area contributed by atoms with Gasteiger partial charge in [0.05, 0.1) is 12.2 Å². The van der Waals surface area contributed by atoms with E-state index in [-0.39, 0.29) is 0 Å². The average molecular weight is 335 g/mol. The van der Waals surface area contributed by atoms with E-state index in [4.69, 9.17) is 4.52 Å². The van der Waals surface area contributed by atoms with Gasteiger partial charge in [-0.15, -0.1) is 0 Å². The van der Waals surface area contributed by atoms with Crippen molar-refractivity contribution in [3.63, 3.8) is 0 Å². The number of anilines is 1. The van der Waals surface area contributed by atoms with Crippen molar-refractivity contribution in [1.82, 2.24) is 20.0 Å². The second kappa shape index (κ2) is 6.64. The van der Waals surface area contributed by atoms with Gasteiger partial charge in [-0.05, 0) is 0 Å². The van der Waals surface area contributed by atoms with Crippen LogP contribution in [-0.4, -0.2) is 40.7 Å². The molecule has 4 rings (SSSR count). The summed E-state index contributed by atoms with van der Waals surface area (Å²) in [4.78, 5) is 13.3. The minimum absolute atomic E-state index is 0.737. The standard InChI is InChI=1S/C19H21N5O/c1-23(2)19-16-12-24(9-8-17(16)20-13-21-19)11-15-10-18(22-25-15)14-6-4-3-5-7-14/h3-7,10,13H,8-9,11-12H2,1-2H3. The van der Waals surface area contributed by atoms with Crippen LogP contribution >= 0.6 is 0 Å². The summed E-state index contributed by atoms with van der Waals surface area (Å²) < 4.78 is 5.55. The number of benzene rings is 1. The molecular weight excluding hydrogens is 314 g/mol. The van der Waals surface area contributed by atoms with Crippen molar-refractivity contribution in [2.24, 2.45) is 0 Å². The Morgan fingerprint density at radius 3 is 2.80 bits per heavy atom. The van der Waals surface area contributed by atoms with Gasteiger partial charge < -0.3 is 9.42 Å². The van der Waals surface area contributed by atoms with E-state index in [1.54, 1.807) is 6.33 Å². The predicted octanol–water partition coefficient (Wildman–Crippen LogP) is 2.76. The zero-order chi connectivity index (χ0) is 17.2. The van der Waals surface area contributed by atoms with E-state index in [1.165, 1.54) is 5.56 Å². The van der Waals surface area contributed by atoms with Gasteiger partial charge in [-0.1, -0.05) is 35.5 Å². The van der Waals surface area contributed by atoms with Crippen molar-refractivity contribution in [1.29, 1.82) is 0 Å². The van der Waals surface area contributed by atoms with Crippen LogP contribution in [0.25, 0.3) is 11.3 Å². The molecular formula is C19H21N5O. The summed E-state index contributed by atoms with van der Waals surface area (Å²) in [7, 11) is 4.04. The Bertz CT molecular complexity index is 859. The third-order valence-electron chi connectivity index (χ3n) is 4.49. The summed E-state index contributed by atoms with van der Waals surface area (Å²) in [6, 6.07) is 12.1. The molecule has 0 saturated heterocycles. The summed E-state index contributed by atoms with van der Waals surface area (Å²) in [5.74, 6) is 1.88. The molecule has 3 aromatic rings. The lowest BCUT2D eigenvalue weighted by Crippen LogP contribution is -2.32. The fourth-order valence-electron chi connectivity index (χ4n) is 3.26. The minimum Gasteiger partial charge on any atom is -0.362 e. The maximum absolute atomic E-state index is 5.55. The molecule has 128 valence electrons. The highest BCUT2D eigenvalue weighted by molar-refractivity contribution is 5.58. The Balaban J connectivity index is 1.51. The van der Waals surface area contributed by atoms with Crippen LogP contribution in [0.15, 0.2) is 47.2 Å². The zero-order valence-electron chi connectivity index (χ0n) is 14.5. The predicted molar refractivity (Wildman–Crippen MR) is 96.1 cm³/mol. The van der Waals surface area contributed by atoms with Crippen molar-refractivity contribution < 1.29 is 4.52 Å². The molecule has 0 bridgehead atoms. The van der Waals surface area contributed by atoms with Crippen LogP contribution in [0, 0.1) is 0 Å². The van der Waals surface area contributed by atoms with Crippen LogP contribution in [0.3, 0.4) is 0 Å². The van der Waals surface area contributed by atoms with E-state index in [0.717, 1.165) is 54.6 Å². The largest absolute Gasteiger partial charge is 0.362 e. The van der Waals surface area contributed by atoms with E-state index in [9.17, 15) is 0 Å². The van der Waals surface area contributed by atoms with E-state index in [1.807, 2.05) is 55.4 Å². The lowest BCUT2D eigenvalue weighted by molar-refractivity contribution is 0.213. The Morgan fingerprint density at radius 1 is 1.16 bits per heavy atom. The summed E-state index contributed by atoms with van der Waals surface area (Å²) in [5, 5.41) is 4.21. The van der Waals surface area contributed by atoms with Crippen LogP contribution < -0.4 is 4.90 Å². The highest BCUT2D eigenvalue weighted by Crippen LogP contribution is 2.26. The Morgan fingerprint density at radius 2 is 2.00 bits per heavy atom. The normalized spacial score (nSPS) is 14.3. The molecule has 0 spiro atoms. The molecule has 0 radical (unpaired) electrons. The third-order valence-corrected chi connectivity index (χ3v) is 4.49. The number of nitrogens with zero attached hydrogens (tertiary/aromatic N) is 5. The number of fused-ring (bicyclic) bond motifs is 1. The van der Waals surface area contributed by atoms with Gasteiger partial charge in [-0.3, -0.25) is 4.90 Å². The quantitative estimate of drug-likeness (QED) is 0.731. The van der Waals surface area contributed by atoms with Crippen molar-refractivity contribution in [3.05, 3.63) is 59.7 Å². The van der Waals surface area contributed by atoms with Gasteiger partial charge in [-0.25, -0.2) is 9.97 Å². The van der Waals surface area contributed by atoms with Crippen molar-refractivity contribution >= 4 is 5.82 Å². The fourth-order valence-corrected chi connectivity index (χ4v) is 3.26. The molecule has 0 unspecified atom stereocenters. The van der Waals surface area contributed by atoms with Gasteiger partial charge >= 0.3 is 0 Å². The van der Waals surface area contributed by atoms with E-state index < -0.39 is 0 Å². The smallest absolute Gasteiger partial charge is 0.151 e. The summed E-state index contributed by atoms with van der Waals surface area (Å²) >= 11 is 0. The first-order valence-electron chi connectivity index (χ1n) is 8.44. The first-order valence-corrected chi connectivity index (χ1v) is 8.44. The van der Waals surface area contributed by atoms with Crippen LogP contribution in [0.5, 0.6) is 0 Å². The molecule has 0 saturated carbocycles. The Labute approximate surface area is 147 Å². The van der Waals surface area contributed by atoms with Crippen molar-refractivity contribution in [2.45, 2.75) is 19.5 Å². The van der Waals surface area contributed by atoms with E-state index >= 15 is 0 Å². The molecule has 6 heteroatoms. The molecule has 0 atom stereocenters. The molecule has 1 aromatic carbocycles. The van der Waals surface area contributed by atoms with Crippen molar-refractivity contribution in [2.75, 3.05) is 25.5 Å². The molecule has 0 fully saturated rings. The maximum atomic E-state index is 5.55. The minimum atomic E-state index is 0.737. The number of hydrogen-bond donors (Lipinski definition) is 0. The summed E-state index contributed by atoms with van der Waals surface area (Å²) in [6.07, 6.45) is 2.59. The van der Waals surface area contributed by atoms with Gasteiger partial charge in [-0.2, -0.15) is 0 Å². The molecule has 25 heavy (non-hydrogen) atoms. The molecule has 0 amide bonds. The second-order valence-corrected chi connectivity index (χ2v) is 6.52. The summed E-state index contributed by atoms with van der Waals surface area (Å²) in [5.41, 5.74) is 4.31. The highest BCUT2D eigenvalue weighted by atomic mass is 16.5. The molecule has 3 heterocycles. The molecule has 6 nitrogen and oxygen atoms in total. The lowest BCUT2D eigenvalue weighted by Gasteiger charge is -2.29. The molecule has 1 aliphatic rings. The first-order chi connectivity index (χ1) is 12.2. The van der Waals surface area contributed by atoms with Gasteiger partial charge in [0, 0.05) is 50.8 Å². The molecule has 0 N–H and O–H groups in total. The van der Waals surface area contributed by atoms with E-state index in [2.05, 4.69) is 20.0 Å². The van der Waals surface area contributed by atoms with Gasteiger partial charge in [0.25, 0.3) is 0 Å². The van der Waals surface area contributed by atoms with Gasteiger partial charge in [0.15, 0.2) is 5.76 Å². The highest BCUT2D eigenvalue weighted by Gasteiger charge is 2.23. The first kappa shape index (κ1) is 15.8. The molecule has 2 aromatic heterocycles. The number of rotatable bonds is 4. The monoisotopic (exact) mass is 335 g/mol. The van der Waals surface area contributed by atoms with Crippen molar-refractivity contribution in [3.8, 4) is 11.3 Å². The van der Waals surface area contributed by atoms with Crippen LogP contribution in [0.4, 0.5) is 5.82 Å². The Hall–Kier alpha value is -2.73. The zero-order valence-corrected chi connectivity index (χ0v) is 14.5. The Kier molecular flexibility index (Phi) is 4.19. The number of aromatic nitrogens is 3. The molecule has 0 aliphatic carbocycles. The number of hydrogen-bond acceptors (Lipinski definition) is 6. The SMILES string of the molecule is CN(C)c1ncnc2c1CN(Cc1cc(-c3ccccc3)no1)CC2. The fraction of sp³-hybridized carbons (Fsp3) is 0.316. The summed E-state index contributed by atoms with van der Waals surface area (Å²) in [6.45, 7) is 2.52. The van der Waals surface area contributed by atoms with Crippen LogP contribution in [0.2, 0.25) is 0 Å². The third kappa shape index (κ3) is 3.25. The lowest BCUT2D eigenvalue weighted by atomic mass is 10.1.